The lowest BCUT2D eigenvalue weighted by Gasteiger charge is -2.60. The summed E-state index contributed by atoms with van der Waals surface area (Å²) in [5, 5.41) is 2.56. The number of fused-ring (bicyclic) bond motifs is 5. The largest absolute Gasteiger partial charge is 0.572 e. The van der Waals surface area contributed by atoms with E-state index in [1.54, 1.807) is 31.7 Å². The molecule has 1 aliphatic heterocycles. The Kier molecular flexibility index (Phi) is 8.66. The Labute approximate surface area is 244 Å². The van der Waals surface area contributed by atoms with Gasteiger partial charge in [0.15, 0.2) is 5.78 Å². The Morgan fingerprint density at radius 3 is 2.40 bits per heavy atom. The van der Waals surface area contributed by atoms with Crippen LogP contribution in [-0.4, -0.2) is 47.7 Å². The minimum atomic E-state index is -5.03. The number of nitrogens with one attached hydrogen (secondary N) is 1. The molecular formula is C31H42F4N2O5. The molecule has 0 aromatic heterocycles. The van der Waals surface area contributed by atoms with Crippen molar-refractivity contribution in [1.29, 1.82) is 0 Å². The molecule has 4 rings (SSSR count). The van der Waals surface area contributed by atoms with Gasteiger partial charge in [-0.1, -0.05) is 19.9 Å². The second-order valence-electron chi connectivity index (χ2n) is 13.6. The first-order chi connectivity index (χ1) is 19.4. The number of hydrogen-bond donors (Lipinski definition) is 1. The van der Waals surface area contributed by atoms with Crippen molar-refractivity contribution in [2.45, 2.75) is 92.0 Å². The zero-order chi connectivity index (χ0) is 31.3. The summed E-state index contributed by atoms with van der Waals surface area (Å²) in [4.78, 5) is 41.0. The Hall–Kier alpha value is -2.85. The van der Waals surface area contributed by atoms with Gasteiger partial charge in [0.25, 0.3) is 0 Å². The molecule has 6 unspecified atom stereocenters. The number of ketones is 1. The lowest BCUT2D eigenvalue weighted by Crippen LogP contribution is -2.59. The highest BCUT2D eigenvalue weighted by Gasteiger charge is 2.62. The first-order valence-electron chi connectivity index (χ1n) is 14.7. The number of amides is 2. The fraction of sp³-hybridized carbons (Fsp3) is 0.710. The molecule has 42 heavy (non-hydrogen) atoms. The summed E-state index contributed by atoms with van der Waals surface area (Å²) in [5.74, 6) is -2.19. The number of alkyl halides is 3. The number of nitrogens with zero attached hydrogens (tertiary/aromatic N) is 1. The first kappa shape index (κ1) is 32.1. The van der Waals surface area contributed by atoms with Gasteiger partial charge in [-0.2, -0.15) is 0 Å². The number of likely N-dealkylation sites (tertiary alicyclic amines) is 1. The van der Waals surface area contributed by atoms with Crippen LogP contribution >= 0.6 is 0 Å². The maximum atomic E-state index is 13.7. The van der Waals surface area contributed by atoms with Crippen molar-refractivity contribution >= 4 is 17.8 Å². The smallest absolute Gasteiger partial charge is 0.443 e. The monoisotopic (exact) mass is 598 g/mol. The van der Waals surface area contributed by atoms with E-state index in [0.717, 1.165) is 25.3 Å². The number of halogens is 4. The van der Waals surface area contributed by atoms with E-state index in [-0.39, 0.29) is 23.5 Å². The number of hydrogen-bond acceptors (Lipinski definition) is 5. The molecule has 2 saturated carbocycles. The van der Waals surface area contributed by atoms with Gasteiger partial charge in [0.05, 0.1) is 6.54 Å². The summed E-state index contributed by atoms with van der Waals surface area (Å²) >= 11 is 0. The van der Waals surface area contributed by atoms with Crippen molar-refractivity contribution in [3.8, 4) is 0 Å². The molecule has 0 aromatic rings. The second kappa shape index (κ2) is 11.3. The van der Waals surface area contributed by atoms with Crippen LogP contribution in [0.5, 0.6) is 0 Å². The summed E-state index contributed by atoms with van der Waals surface area (Å²) in [6.07, 6.45) is 1.52. The van der Waals surface area contributed by atoms with Gasteiger partial charge in [-0.3, -0.25) is 14.5 Å². The molecule has 3 fully saturated rings. The van der Waals surface area contributed by atoms with Gasteiger partial charge in [0, 0.05) is 42.1 Å². The molecule has 3 aliphatic carbocycles. The summed E-state index contributed by atoms with van der Waals surface area (Å²) in [5.41, 5.74) is -0.861. The number of ether oxygens (including phenoxy) is 2. The van der Waals surface area contributed by atoms with E-state index in [2.05, 4.69) is 23.9 Å². The molecule has 1 heterocycles. The number of piperidine rings is 1. The van der Waals surface area contributed by atoms with Gasteiger partial charge in [0.2, 0.25) is 5.91 Å². The SMILES string of the molecule is C/C=C(F)\C=C(/CNC(=O)C1CCC2C3CN(C(=O)OC(C)(C)C)C4=CC(=O)CCC4(C)C3CCC12C)OC(F)(F)F. The molecule has 0 bridgehead atoms. The highest BCUT2D eigenvalue weighted by Crippen LogP contribution is 2.65. The number of allylic oxidation sites excluding steroid dienone is 5. The Morgan fingerprint density at radius 2 is 1.79 bits per heavy atom. The molecule has 2 amide bonds. The zero-order valence-corrected chi connectivity index (χ0v) is 25.2. The standard InChI is InChI=1S/C31H42F4N2O5/c1-7-18(32)14-20(41-31(33,34)35)16-36-26(39)24-9-8-22-21-17-37(27(40)42-28(2,3)4)25-15-19(38)10-12-30(25,6)23(21)11-13-29(22,24)5/h7,14-15,21-24H,8-13,16-17H2,1-6H3,(H,36,39)/b18-7+,20-14+. The minimum absolute atomic E-state index is 0.00929. The number of carbonyl (C=O) groups excluding carboxylic acids is 3. The molecule has 234 valence electrons. The Morgan fingerprint density at radius 1 is 1.10 bits per heavy atom. The third-order valence-corrected chi connectivity index (χ3v) is 9.90. The summed E-state index contributed by atoms with van der Waals surface area (Å²) in [6.45, 7) is 10.7. The Balaban J connectivity index is 1.57. The normalized spacial score (nSPS) is 33.7. The van der Waals surface area contributed by atoms with Crippen molar-refractivity contribution in [3.05, 3.63) is 35.5 Å². The lowest BCUT2D eigenvalue weighted by atomic mass is 9.49. The van der Waals surface area contributed by atoms with Crippen LogP contribution in [0.4, 0.5) is 22.4 Å². The molecule has 0 spiro atoms. The molecule has 0 aromatic carbocycles. The third-order valence-electron chi connectivity index (χ3n) is 9.90. The van der Waals surface area contributed by atoms with Crippen LogP contribution in [0.15, 0.2) is 35.5 Å². The van der Waals surface area contributed by atoms with Crippen molar-refractivity contribution in [2.75, 3.05) is 13.1 Å². The van der Waals surface area contributed by atoms with E-state index in [0.29, 0.717) is 37.6 Å². The van der Waals surface area contributed by atoms with Crippen molar-refractivity contribution in [2.24, 2.45) is 34.5 Å². The highest BCUT2D eigenvalue weighted by molar-refractivity contribution is 5.92. The summed E-state index contributed by atoms with van der Waals surface area (Å²) in [6, 6.07) is 0. The molecule has 4 aliphatic rings. The van der Waals surface area contributed by atoms with Crippen LogP contribution in [0.25, 0.3) is 0 Å². The molecule has 6 atom stereocenters. The quantitative estimate of drug-likeness (QED) is 0.210. The maximum Gasteiger partial charge on any atom is 0.572 e. The van der Waals surface area contributed by atoms with Crippen LogP contribution in [0, 0.1) is 34.5 Å². The number of rotatable bonds is 5. The van der Waals surface area contributed by atoms with E-state index in [4.69, 9.17) is 4.74 Å². The first-order valence-corrected chi connectivity index (χ1v) is 14.7. The second-order valence-corrected chi connectivity index (χ2v) is 13.6. The fourth-order valence-electron chi connectivity index (χ4n) is 8.02. The average molecular weight is 599 g/mol. The predicted octanol–water partition coefficient (Wildman–Crippen LogP) is 6.96. The van der Waals surface area contributed by atoms with Crippen LogP contribution < -0.4 is 5.32 Å². The molecule has 0 radical (unpaired) electrons. The predicted molar refractivity (Wildman–Crippen MR) is 147 cm³/mol. The van der Waals surface area contributed by atoms with Gasteiger partial charge in [-0.05, 0) is 83.0 Å². The van der Waals surface area contributed by atoms with E-state index >= 15 is 0 Å². The van der Waals surface area contributed by atoms with Gasteiger partial charge in [-0.25, -0.2) is 9.18 Å². The highest BCUT2D eigenvalue weighted by atomic mass is 19.4. The minimum Gasteiger partial charge on any atom is -0.443 e. The van der Waals surface area contributed by atoms with Crippen LogP contribution in [-0.2, 0) is 19.1 Å². The zero-order valence-electron chi connectivity index (χ0n) is 25.2. The summed E-state index contributed by atoms with van der Waals surface area (Å²) in [7, 11) is 0. The lowest BCUT2D eigenvalue weighted by molar-refractivity contribution is -0.305. The maximum absolute atomic E-state index is 13.7. The van der Waals surface area contributed by atoms with E-state index in [9.17, 15) is 31.9 Å². The molecular weight excluding hydrogens is 556 g/mol. The van der Waals surface area contributed by atoms with Crippen molar-refractivity contribution in [1.82, 2.24) is 10.2 Å². The van der Waals surface area contributed by atoms with Gasteiger partial charge in [-0.15, -0.1) is 13.2 Å². The molecule has 1 N–H and O–H groups in total. The van der Waals surface area contributed by atoms with Crippen LogP contribution in [0.3, 0.4) is 0 Å². The molecule has 7 nitrogen and oxygen atoms in total. The van der Waals surface area contributed by atoms with Crippen LogP contribution in [0.1, 0.15) is 80.1 Å². The molecule has 11 heteroatoms. The van der Waals surface area contributed by atoms with Crippen molar-refractivity contribution < 1.29 is 41.4 Å². The molecule has 1 saturated heterocycles. The van der Waals surface area contributed by atoms with E-state index < -0.39 is 58.8 Å². The number of carbonyl (C=O) groups is 3. The topological polar surface area (TPSA) is 84.9 Å². The van der Waals surface area contributed by atoms with E-state index in [1.807, 2.05) is 0 Å². The van der Waals surface area contributed by atoms with Gasteiger partial charge >= 0.3 is 12.5 Å². The fourth-order valence-corrected chi connectivity index (χ4v) is 8.02. The van der Waals surface area contributed by atoms with Crippen molar-refractivity contribution in [3.63, 3.8) is 0 Å². The van der Waals surface area contributed by atoms with Crippen LogP contribution in [0.2, 0.25) is 0 Å². The van der Waals surface area contributed by atoms with Gasteiger partial charge < -0.3 is 14.8 Å². The van der Waals surface area contributed by atoms with Gasteiger partial charge in [0.1, 0.15) is 17.2 Å². The Bertz CT molecular complexity index is 1200. The average Bonchev–Trinajstić information content (AvgIpc) is 3.22. The van der Waals surface area contributed by atoms with E-state index in [1.165, 1.54) is 6.92 Å². The summed E-state index contributed by atoms with van der Waals surface area (Å²) < 4.78 is 62.1. The third kappa shape index (κ3) is 6.39.